The van der Waals surface area contributed by atoms with Crippen LogP contribution in [0, 0.1) is 5.92 Å². The van der Waals surface area contributed by atoms with Gasteiger partial charge in [-0.05, 0) is 52.1 Å². The van der Waals surface area contributed by atoms with Gasteiger partial charge in [-0.2, -0.15) is 11.8 Å². The van der Waals surface area contributed by atoms with Gasteiger partial charge < -0.3 is 10.2 Å². The van der Waals surface area contributed by atoms with Crippen molar-refractivity contribution in [2.24, 2.45) is 5.92 Å². The molecule has 1 aliphatic heterocycles. The van der Waals surface area contributed by atoms with E-state index in [0.29, 0.717) is 6.04 Å². The molecule has 1 unspecified atom stereocenters. The molecule has 0 amide bonds. The van der Waals surface area contributed by atoms with Gasteiger partial charge in [0.05, 0.1) is 0 Å². The summed E-state index contributed by atoms with van der Waals surface area (Å²) in [4.78, 5) is 2.44. The van der Waals surface area contributed by atoms with Gasteiger partial charge in [0.25, 0.3) is 0 Å². The number of thioether (sulfide) groups is 1. The monoisotopic (exact) mass is 216 g/mol. The number of nitrogens with one attached hydrogen (secondary N) is 1. The molecule has 0 aromatic carbocycles. The first-order valence-corrected chi connectivity index (χ1v) is 7.04. The van der Waals surface area contributed by atoms with Crippen LogP contribution in [0.15, 0.2) is 0 Å². The topological polar surface area (TPSA) is 15.3 Å². The fourth-order valence-corrected chi connectivity index (χ4v) is 2.41. The molecule has 3 heteroatoms. The molecule has 0 spiro atoms. The maximum atomic E-state index is 3.63. The summed E-state index contributed by atoms with van der Waals surface area (Å²) < 4.78 is 0. The second-order valence-electron chi connectivity index (χ2n) is 4.38. The van der Waals surface area contributed by atoms with E-state index in [0.717, 1.165) is 12.5 Å². The highest BCUT2D eigenvalue weighted by Crippen LogP contribution is 2.19. The fraction of sp³-hybridized carbons (Fsp3) is 1.00. The Kier molecular flexibility index (Phi) is 5.90. The van der Waals surface area contributed by atoms with Crippen molar-refractivity contribution >= 4 is 11.8 Å². The molecule has 0 aromatic rings. The summed E-state index contributed by atoms with van der Waals surface area (Å²) in [5.41, 5.74) is 0. The highest BCUT2D eigenvalue weighted by Gasteiger charge is 2.21. The van der Waals surface area contributed by atoms with Gasteiger partial charge >= 0.3 is 0 Å². The molecule has 0 saturated carbocycles. The van der Waals surface area contributed by atoms with E-state index in [1.54, 1.807) is 0 Å². The molecule has 1 rings (SSSR count). The number of rotatable bonds is 5. The van der Waals surface area contributed by atoms with Gasteiger partial charge in [-0.3, -0.25) is 0 Å². The van der Waals surface area contributed by atoms with Crippen LogP contribution < -0.4 is 5.32 Å². The predicted octanol–water partition coefficient (Wildman–Crippen LogP) is 1.67. The molecule has 2 nitrogen and oxygen atoms in total. The maximum absolute atomic E-state index is 3.63. The lowest BCUT2D eigenvalue weighted by atomic mass is 9.90. The van der Waals surface area contributed by atoms with Crippen LogP contribution in [-0.2, 0) is 0 Å². The van der Waals surface area contributed by atoms with Gasteiger partial charge in [0.2, 0.25) is 0 Å². The Balaban J connectivity index is 2.13. The number of likely N-dealkylation sites (tertiary alicyclic amines) is 1. The molecule has 1 N–H and O–H groups in total. The Labute approximate surface area is 92.8 Å². The molecule has 1 aliphatic rings. The minimum atomic E-state index is 0.704. The van der Waals surface area contributed by atoms with Gasteiger partial charge in [-0.25, -0.2) is 0 Å². The summed E-state index contributed by atoms with van der Waals surface area (Å²) in [5.74, 6) is 2.13. The van der Waals surface area contributed by atoms with E-state index in [1.165, 1.54) is 31.7 Å². The molecule has 14 heavy (non-hydrogen) atoms. The molecule has 1 fully saturated rings. The van der Waals surface area contributed by atoms with Gasteiger partial charge in [0.1, 0.15) is 0 Å². The SMILES string of the molecule is CSCCNC(C)C1CCN(C)CC1. The lowest BCUT2D eigenvalue weighted by Gasteiger charge is -2.33. The fourth-order valence-electron chi connectivity index (χ4n) is 2.08. The van der Waals surface area contributed by atoms with E-state index in [2.05, 4.69) is 30.4 Å². The summed E-state index contributed by atoms with van der Waals surface area (Å²) in [7, 11) is 2.22. The van der Waals surface area contributed by atoms with Crippen LogP contribution in [-0.4, -0.2) is 49.6 Å². The van der Waals surface area contributed by atoms with Crippen LogP contribution in [0.3, 0.4) is 0 Å². The van der Waals surface area contributed by atoms with E-state index in [1.807, 2.05) is 11.8 Å². The number of hydrogen-bond acceptors (Lipinski definition) is 3. The highest BCUT2D eigenvalue weighted by molar-refractivity contribution is 7.98. The Morgan fingerprint density at radius 1 is 1.43 bits per heavy atom. The molecule has 1 saturated heterocycles. The molecule has 0 radical (unpaired) electrons. The van der Waals surface area contributed by atoms with Crippen molar-refractivity contribution in [3.05, 3.63) is 0 Å². The smallest absolute Gasteiger partial charge is 0.00682 e. The Bertz CT molecular complexity index is 144. The quantitative estimate of drug-likeness (QED) is 0.704. The van der Waals surface area contributed by atoms with Crippen molar-refractivity contribution in [2.75, 3.05) is 38.7 Å². The van der Waals surface area contributed by atoms with Crippen molar-refractivity contribution in [3.8, 4) is 0 Å². The van der Waals surface area contributed by atoms with Crippen LogP contribution in [0.25, 0.3) is 0 Å². The van der Waals surface area contributed by atoms with E-state index >= 15 is 0 Å². The van der Waals surface area contributed by atoms with Crippen molar-refractivity contribution in [1.29, 1.82) is 0 Å². The number of piperidine rings is 1. The van der Waals surface area contributed by atoms with E-state index in [4.69, 9.17) is 0 Å². The molecule has 0 bridgehead atoms. The lowest BCUT2D eigenvalue weighted by molar-refractivity contribution is 0.191. The van der Waals surface area contributed by atoms with Crippen LogP contribution in [0.1, 0.15) is 19.8 Å². The maximum Gasteiger partial charge on any atom is 0.00682 e. The summed E-state index contributed by atoms with van der Waals surface area (Å²) >= 11 is 1.92. The Hall–Kier alpha value is 0.270. The molecular formula is C11H24N2S. The van der Waals surface area contributed by atoms with Gasteiger partial charge in [-0.15, -0.1) is 0 Å². The predicted molar refractivity (Wildman–Crippen MR) is 66.1 cm³/mol. The van der Waals surface area contributed by atoms with Crippen LogP contribution in [0.5, 0.6) is 0 Å². The minimum absolute atomic E-state index is 0.704. The third-order valence-electron chi connectivity index (χ3n) is 3.24. The first-order chi connectivity index (χ1) is 6.74. The van der Waals surface area contributed by atoms with E-state index in [9.17, 15) is 0 Å². The summed E-state index contributed by atoms with van der Waals surface area (Å²) in [6.45, 7) is 6.06. The molecule has 1 atom stereocenters. The van der Waals surface area contributed by atoms with Gasteiger partial charge in [0, 0.05) is 18.3 Å². The third kappa shape index (κ3) is 4.20. The average molecular weight is 216 g/mol. The summed E-state index contributed by atoms with van der Waals surface area (Å²) in [5, 5.41) is 3.63. The Morgan fingerprint density at radius 2 is 2.07 bits per heavy atom. The first-order valence-electron chi connectivity index (χ1n) is 5.65. The number of hydrogen-bond donors (Lipinski definition) is 1. The highest BCUT2D eigenvalue weighted by atomic mass is 32.2. The molecular weight excluding hydrogens is 192 g/mol. The summed E-state index contributed by atoms with van der Waals surface area (Å²) in [6.07, 6.45) is 4.90. The van der Waals surface area contributed by atoms with Gasteiger partial charge in [0.15, 0.2) is 0 Å². The first kappa shape index (κ1) is 12.3. The van der Waals surface area contributed by atoms with Crippen LogP contribution in [0.2, 0.25) is 0 Å². The van der Waals surface area contributed by atoms with Crippen molar-refractivity contribution < 1.29 is 0 Å². The standard InChI is InChI=1S/C11H24N2S/c1-10(12-6-9-14-3)11-4-7-13(2)8-5-11/h10-12H,4-9H2,1-3H3. The molecule has 1 heterocycles. The Morgan fingerprint density at radius 3 is 2.64 bits per heavy atom. The normalized spacial score (nSPS) is 22.5. The summed E-state index contributed by atoms with van der Waals surface area (Å²) in [6, 6.07) is 0.704. The zero-order chi connectivity index (χ0) is 10.4. The molecule has 0 aromatic heterocycles. The minimum Gasteiger partial charge on any atom is -0.313 e. The average Bonchev–Trinajstić information content (AvgIpc) is 2.19. The third-order valence-corrected chi connectivity index (χ3v) is 3.86. The van der Waals surface area contributed by atoms with Crippen molar-refractivity contribution in [1.82, 2.24) is 10.2 Å². The van der Waals surface area contributed by atoms with E-state index < -0.39 is 0 Å². The van der Waals surface area contributed by atoms with Crippen LogP contribution in [0.4, 0.5) is 0 Å². The lowest BCUT2D eigenvalue weighted by Crippen LogP contribution is -2.41. The van der Waals surface area contributed by atoms with Crippen molar-refractivity contribution in [2.45, 2.75) is 25.8 Å². The second kappa shape index (κ2) is 6.70. The molecule has 84 valence electrons. The zero-order valence-corrected chi connectivity index (χ0v) is 10.6. The second-order valence-corrected chi connectivity index (χ2v) is 5.36. The van der Waals surface area contributed by atoms with E-state index in [-0.39, 0.29) is 0 Å². The van der Waals surface area contributed by atoms with Crippen molar-refractivity contribution in [3.63, 3.8) is 0 Å². The largest absolute Gasteiger partial charge is 0.313 e. The van der Waals surface area contributed by atoms with Crippen LogP contribution >= 0.6 is 11.8 Å². The zero-order valence-electron chi connectivity index (χ0n) is 9.75. The number of nitrogens with zero attached hydrogens (tertiary/aromatic N) is 1. The molecule has 0 aliphatic carbocycles. The van der Waals surface area contributed by atoms with Gasteiger partial charge in [-0.1, -0.05) is 0 Å².